The first-order valence-corrected chi connectivity index (χ1v) is 11.7. The summed E-state index contributed by atoms with van der Waals surface area (Å²) in [6.45, 7) is 0.891. The van der Waals surface area contributed by atoms with Crippen LogP contribution in [0.15, 0.2) is 39.4 Å². The predicted octanol–water partition coefficient (Wildman–Crippen LogP) is 4.48. The topological polar surface area (TPSA) is 86.5 Å². The molecule has 2 aliphatic rings. The van der Waals surface area contributed by atoms with E-state index in [1.165, 1.54) is 12.0 Å². The van der Waals surface area contributed by atoms with Crippen LogP contribution >= 0.6 is 11.3 Å². The molecule has 1 N–H and O–H groups in total. The third kappa shape index (κ3) is 4.30. The summed E-state index contributed by atoms with van der Waals surface area (Å²) < 4.78 is 16.7. The van der Waals surface area contributed by atoms with Gasteiger partial charge in [0.05, 0.1) is 0 Å². The number of carbonyl (C=O) groups excluding carboxylic acids is 1. The van der Waals surface area contributed by atoms with Gasteiger partial charge in [0.25, 0.3) is 0 Å². The van der Waals surface area contributed by atoms with Crippen molar-refractivity contribution in [2.75, 3.05) is 13.3 Å². The zero-order valence-corrected chi connectivity index (χ0v) is 18.1. The van der Waals surface area contributed by atoms with Gasteiger partial charge in [-0.15, -0.1) is 10.2 Å². The molecule has 5 rings (SSSR count). The van der Waals surface area contributed by atoms with E-state index < -0.39 is 0 Å². The van der Waals surface area contributed by atoms with Crippen molar-refractivity contribution in [3.8, 4) is 23.0 Å². The van der Waals surface area contributed by atoms with Gasteiger partial charge in [-0.05, 0) is 42.0 Å². The van der Waals surface area contributed by atoms with Crippen molar-refractivity contribution >= 4 is 17.2 Å². The minimum absolute atomic E-state index is 0.000903. The van der Waals surface area contributed by atoms with Crippen molar-refractivity contribution in [1.29, 1.82) is 0 Å². The lowest BCUT2D eigenvalue weighted by Gasteiger charge is -2.38. The number of carbonyl (C=O) groups is 1. The number of aryl methyl sites for hydroxylation is 1. The van der Waals surface area contributed by atoms with Crippen molar-refractivity contribution in [2.45, 2.75) is 50.4 Å². The summed E-state index contributed by atoms with van der Waals surface area (Å²) in [5, 5.41) is 15.2. The number of aromatic nitrogens is 2. The van der Waals surface area contributed by atoms with Gasteiger partial charge in [-0.2, -0.15) is 11.3 Å². The van der Waals surface area contributed by atoms with E-state index >= 15 is 0 Å². The molecular weight excluding hydrogens is 414 g/mol. The second kappa shape index (κ2) is 8.70. The molecule has 2 aromatic heterocycles. The molecule has 8 heteroatoms. The molecule has 1 aliphatic carbocycles. The molecule has 0 spiro atoms. The third-order valence-corrected chi connectivity index (χ3v) is 6.90. The van der Waals surface area contributed by atoms with Gasteiger partial charge < -0.3 is 19.2 Å². The van der Waals surface area contributed by atoms with Crippen molar-refractivity contribution in [3.05, 3.63) is 46.5 Å². The molecule has 0 atom stereocenters. The van der Waals surface area contributed by atoms with Crippen LogP contribution in [-0.4, -0.2) is 29.4 Å². The van der Waals surface area contributed by atoms with Crippen LogP contribution in [0.5, 0.6) is 11.5 Å². The number of hydrogen-bond acceptors (Lipinski definition) is 7. The van der Waals surface area contributed by atoms with Crippen LogP contribution in [0.1, 0.15) is 50.0 Å². The van der Waals surface area contributed by atoms with Crippen molar-refractivity contribution in [1.82, 2.24) is 15.5 Å². The highest BCUT2D eigenvalue weighted by atomic mass is 32.1. The van der Waals surface area contributed by atoms with E-state index in [-0.39, 0.29) is 18.1 Å². The first-order chi connectivity index (χ1) is 15.2. The molecule has 1 amide bonds. The SMILES string of the molecule is O=C(CCc1nnc(-c2ccsc2)o1)NCC1(c2ccc3c(c2)OCO3)CCCCC1. The maximum atomic E-state index is 12.6. The normalized spacial score (nSPS) is 16.9. The fourth-order valence-electron chi connectivity index (χ4n) is 4.46. The van der Waals surface area contributed by atoms with E-state index in [0.29, 0.717) is 31.2 Å². The number of thiophene rings is 1. The lowest BCUT2D eigenvalue weighted by Crippen LogP contribution is -2.42. The third-order valence-electron chi connectivity index (χ3n) is 6.22. The molecular formula is C23H25N3O4S. The van der Waals surface area contributed by atoms with Gasteiger partial charge in [-0.3, -0.25) is 4.79 Å². The molecule has 3 heterocycles. The van der Waals surface area contributed by atoms with Crippen LogP contribution in [-0.2, 0) is 16.6 Å². The Hall–Kier alpha value is -2.87. The van der Waals surface area contributed by atoms with Crippen LogP contribution in [0.3, 0.4) is 0 Å². The first-order valence-electron chi connectivity index (χ1n) is 10.7. The van der Waals surface area contributed by atoms with Crippen LogP contribution in [0, 0.1) is 0 Å². The van der Waals surface area contributed by atoms with Crippen molar-refractivity contribution in [2.24, 2.45) is 0 Å². The fourth-order valence-corrected chi connectivity index (χ4v) is 5.09. The average Bonchev–Trinajstić information content (AvgIpc) is 3.57. The number of benzene rings is 1. The number of rotatable bonds is 7. The Labute approximate surface area is 184 Å². The van der Waals surface area contributed by atoms with E-state index in [1.807, 2.05) is 22.9 Å². The van der Waals surface area contributed by atoms with E-state index in [0.717, 1.165) is 42.7 Å². The monoisotopic (exact) mass is 439 g/mol. The molecule has 0 unspecified atom stereocenters. The molecule has 31 heavy (non-hydrogen) atoms. The van der Waals surface area contributed by atoms with Crippen molar-refractivity contribution < 1.29 is 18.7 Å². The Kier molecular flexibility index (Phi) is 5.63. The van der Waals surface area contributed by atoms with E-state index in [2.05, 4.69) is 27.6 Å². The predicted molar refractivity (Wildman–Crippen MR) is 116 cm³/mol. The smallest absolute Gasteiger partial charge is 0.248 e. The number of ether oxygens (including phenoxy) is 2. The molecule has 7 nitrogen and oxygen atoms in total. The van der Waals surface area contributed by atoms with Crippen LogP contribution in [0.25, 0.3) is 11.5 Å². The molecule has 1 aliphatic heterocycles. The highest BCUT2D eigenvalue weighted by molar-refractivity contribution is 7.08. The molecule has 0 bridgehead atoms. The quantitative estimate of drug-likeness (QED) is 0.584. The lowest BCUT2D eigenvalue weighted by molar-refractivity contribution is -0.121. The van der Waals surface area contributed by atoms with Gasteiger partial charge in [-0.25, -0.2) is 0 Å². The highest BCUT2D eigenvalue weighted by Crippen LogP contribution is 2.43. The van der Waals surface area contributed by atoms with Gasteiger partial charge in [0, 0.05) is 35.7 Å². The number of nitrogens with zero attached hydrogens (tertiary/aromatic N) is 2. The van der Waals surface area contributed by atoms with Crippen LogP contribution < -0.4 is 14.8 Å². The summed E-state index contributed by atoms with van der Waals surface area (Å²) in [6.07, 6.45) is 6.43. The summed E-state index contributed by atoms with van der Waals surface area (Å²) in [4.78, 5) is 12.6. The number of hydrogen-bond donors (Lipinski definition) is 1. The summed E-state index contributed by atoms with van der Waals surface area (Å²) in [6, 6.07) is 8.13. The second-order valence-electron chi connectivity index (χ2n) is 8.20. The molecule has 1 fully saturated rings. The van der Waals surface area contributed by atoms with E-state index in [1.54, 1.807) is 11.3 Å². The largest absolute Gasteiger partial charge is 0.454 e. The first kappa shape index (κ1) is 20.1. The molecule has 1 saturated carbocycles. The minimum Gasteiger partial charge on any atom is -0.454 e. The maximum absolute atomic E-state index is 12.6. The van der Waals surface area contributed by atoms with Crippen LogP contribution in [0.2, 0.25) is 0 Å². The second-order valence-corrected chi connectivity index (χ2v) is 8.98. The Balaban J connectivity index is 1.21. The highest BCUT2D eigenvalue weighted by Gasteiger charge is 2.35. The lowest BCUT2D eigenvalue weighted by atomic mass is 9.69. The van der Waals surface area contributed by atoms with Gasteiger partial charge in [0.15, 0.2) is 11.5 Å². The van der Waals surface area contributed by atoms with Gasteiger partial charge in [0.2, 0.25) is 24.5 Å². The summed E-state index contributed by atoms with van der Waals surface area (Å²) >= 11 is 1.58. The summed E-state index contributed by atoms with van der Waals surface area (Å²) in [5.74, 6) is 2.58. The van der Waals surface area contributed by atoms with Crippen molar-refractivity contribution in [3.63, 3.8) is 0 Å². The average molecular weight is 440 g/mol. The Bertz CT molecular complexity index is 1040. The Morgan fingerprint density at radius 1 is 1.10 bits per heavy atom. The van der Waals surface area contributed by atoms with E-state index in [9.17, 15) is 4.79 Å². The molecule has 0 saturated heterocycles. The number of nitrogens with one attached hydrogen (secondary N) is 1. The molecule has 1 aromatic carbocycles. The number of fused-ring (bicyclic) bond motifs is 1. The Morgan fingerprint density at radius 2 is 1.97 bits per heavy atom. The van der Waals surface area contributed by atoms with E-state index in [4.69, 9.17) is 13.9 Å². The van der Waals surface area contributed by atoms with Crippen LogP contribution in [0.4, 0.5) is 0 Å². The zero-order chi connectivity index (χ0) is 21.1. The van der Waals surface area contributed by atoms with Gasteiger partial charge in [0.1, 0.15) is 0 Å². The number of amides is 1. The molecule has 3 aromatic rings. The maximum Gasteiger partial charge on any atom is 0.248 e. The van der Waals surface area contributed by atoms with Gasteiger partial charge >= 0.3 is 0 Å². The standard InChI is InChI=1S/C23H25N3O4S/c27-20(6-7-21-25-26-22(30-21)16-8-11-31-13-16)24-14-23(9-2-1-3-10-23)17-4-5-18-19(12-17)29-15-28-18/h4-5,8,11-13H,1-3,6-7,9-10,14-15H2,(H,24,27). The molecule has 162 valence electrons. The molecule has 0 radical (unpaired) electrons. The fraction of sp³-hybridized carbons (Fsp3) is 0.435. The minimum atomic E-state index is -0.0640. The zero-order valence-electron chi connectivity index (χ0n) is 17.3. The summed E-state index contributed by atoms with van der Waals surface area (Å²) in [7, 11) is 0. The van der Waals surface area contributed by atoms with Gasteiger partial charge in [-0.1, -0.05) is 25.3 Å². The summed E-state index contributed by atoms with van der Waals surface area (Å²) in [5.41, 5.74) is 2.07. The Morgan fingerprint density at radius 3 is 2.81 bits per heavy atom.